The molecule has 0 aromatic heterocycles. The van der Waals surface area contributed by atoms with Crippen LogP contribution in [-0.2, 0) is 6.42 Å². The standard InChI is InChI=1S/C22H38Cl2N2/c1-3-5-16-25(17-6-4-2)18-8-7-9-21-10-12-22(13-11-21)26(19-14-23)20-15-24/h10-13H,3-9,14-20H2,1-2H3. The molecule has 0 aliphatic rings. The smallest absolute Gasteiger partial charge is 0.0399 e. The predicted octanol–water partition coefficient (Wildman–Crippen LogP) is 6.20. The van der Waals surface area contributed by atoms with E-state index in [1.54, 1.807) is 0 Å². The van der Waals surface area contributed by atoms with Crippen LogP contribution in [0.1, 0.15) is 57.9 Å². The van der Waals surface area contributed by atoms with Gasteiger partial charge in [0.1, 0.15) is 0 Å². The van der Waals surface area contributed by atoms with E-state index < -0.39 is 0 Å². The number of hydrogen-bond donors (Lipinski definition) is 0. The Kier molecular flexibility index (Phi) is 14.2. The van der Waals surface area contributed by atoms with E-state index in [9.17, 15) is 0 Å². The van der Waals surface area contributed by atoms with Gasteiger partial charge in [0, 0.05) is 30.5 Å². The van der Waals surface area contributed by atoms with E-state index in [1.807, 2.05) is 0 Å². The molecule has 0 fully saturated rings. The molecule has 1 rings (SSSR count). The molecular formula is C22H38Cl2N2. The maximum Gasteiger partial charge on any atom is 0.0399 e. The van der Waals surface area contributed by atoms with Crippen molar-refractivity contribution in [3.8, 4) is 0 Å². The summed E-state index contributed by atoms with van der Waals surface area (Å²) < 4.78 is 0. The van der Waals surface area contributed by atoms with Gasteiger partial charge in [-0.25, -0.2) is 0 Å². The van der Waals surface area contributed by atoms with Crippen molar-refractivity contribution in [2.45, 2.75) is 58.8 Å². The van der Waals surface area contributed by atoms with Crippen molar-refractivity contribution < 1.29 is 0 Å². The lowest BCUT2D eigenvalue weighted by Crippen LogP contribution is -2.27. The van der Waals surface area contributed by atoms with Crippen LogP contribution in [0, 0.1) is 0 Å². The molecule has 2 nitrogen and oxygen atoms in total. The molecular weight excluding hydrogens is 363 g/mol. The van der Waals surface area contributed by atoms with E-state index >= 15 is 0 Å². The summed E-state index contributed by atoms with van der Waals surface area (Å²) in [5.74, 6) is 1.26. The van der Waals surface area contributed by atoms with E-state index in [2.05, 4.69) is 47.9 Å². The number of anilines is 1. The Morgan fingerprint density at radius 2 is 1.23 bits per heavy atom. The second kappa shape index (κ2) is 15.6. The highest BCUT2D eigenvalue weighted by atomic mass is 35.5. The Morgan fingerprint density at radius 1 is 0.692 bits per heavy atom. The zero-order valence-corrected chi connectivity index (χ0v) is 18.4. The second-order valence-corrected chi connectivity index (χ2v) is 7.79. The van der Waals surface area contributed by atoms with Gasteiger partial charge in [0.15, 0.2) is 0 Å². The SMILES string of the molecule is CCCCN(CCCC)CCCCc1ccc(N(CCCl)CCCl)cc1. The van der Waals surface area contributed by atoms with Crippen LogP contribution in [0.5, 0.6) is 0 Å². The van der Waals surface area contributed by atoms with Gasteiger partial charge in [-0.05, 0) is 69.4 Å². The lowest BCUT2D eigenvalue weighted by Gasteiger charge is -2.23. The van der Waals surface area contributed by atoms with Crippen molar-refractivity contribution in [3.63, 3.8) is 0 Å². The Morgan fingerprint density at radius 3 is 1.73 bits per heavy atom. The summed E-state index contributed by atoms with van der Waals surface area (Å²) in [5, 5.41) is 0. The third-order valence-electron chi connectivity index (χ3n) is 4.86. The molecule has 0 unspecified atom stereocenters. The zero-order valence-electron chi connectivity index (χ0n) is 16.9. The number of alkyl halides is 2. The third kappa shape index (κ3) is 10.0. The Labute approximate surface area is 171 Å². The first-order valence-electron chi connectivity index (χ1n) is 10.4. The number of unbranched alkanes of at least 4 members (excludes halogenated alkanes) is 3. The van der Waals surface area contributed by atoms with Gasteiger partial charge in [-0.2, -0.15) is 0 Å². The Balaban J connectivity index is 2.37. The minimum Gasteiger partial charge on any atom is -0.369 e. The van der Waals surface area contributed by atoms with Gasteiger partial charge < -0.3 is 9.80 Å². The molecule has 4 heteroatoms. The molecule has 0 bridgehead atoms. The van der Waals surface area contributed by atoms with Crippen LogP contribution in [0.3, 0.4) is 0 Å². The highest BCUT2D eigenvalue weighted by molar-refractivity contribution is 6.18. The molecule has 0 aliphatic heterocycles. The predicted molar refractivity (Wildman–Crippen MR) is 119 cm³/mol. The van der Waals surface area contributed by atoms with Crippen molar-refractivity contribution in [2.75, 3.05) is 49.4 Å². The first-order valence-corrected chi connectivity index (χ1v) is 11.5. The topological polar surface area (TPSA) is 6.48 Å². The lowest BCUT2D eigenvalue weighted by molar-refractivity contribution is 0.260. The van der Waals surface area contributed by atoms with E-state index in [0.29, 0.717) is 11.8 Å². The fraction of sp³-hybridized carbons (Fsp3) is 0.727. The number of hydrogen-bond acceptors (Lipinski definition) is 2. The molecule has 0 radical (unpaired) electrons. The molecule has 0 saturated heterocycles. The van der Waals surface area contributed by atoms with Gasteiger partial charge in [0.2, 0.25) is 0 Å². The Hall–Kier alpha value is -0.440. The van der Waals surface area contributed by atoms with Crippen LogP contribution in [0.15, 0.2) is 24.3 Å². The number of halogens is 2. The van der Waals surface area contributed by atoms with Crippen molar-refractivity contribution >= 4 is 28.9 Å². The fourth-order valence-electron chi connectivity index (χ4n) is 3.21. The summed E-state index contributed by atoms with van der Waals surface area (Å²) in [6, 6.07) is 8.94. The van der Waals surface area contributed by atoms with E-state index in [4.69, 9.17) is 23.2 Å². The minimum atomic E-state index is 0.630. The first kappa shape index (κ1) is 23.6. The fourth-order valence-corrected chi connectivity index (χ4v) is 3.62. The van der Waals surface area contributed by atoms with E-state index in [1.165, 1.54) is 75.8 Å². The number of benzene rings is 1. The molecule has 0 N–H and O–H groups in total. The van der Waals surface area contributed by atoms with Crippen molar-refractivity contribution in [1.82, 2.24) is 4.90 Å². The highest BCUT2D eigenvalue weighted by Gasteiger charge is 2.06. The first-order chi connectivity index (χ1) is 12.7. The minimum absolute atomic E-state index is 0.630. The van der Waals surface area contributed by atoms with Crippen LogP contribution in [0.25, 0.3) is 0 Å². The molecule has 0 spiro atoms. The molecule has 26 heavy (non-hydrogen) atoms. The van der Waals surface area contributed by atoms with Crippen LogP contribution < -0.4 is 4.90 Å². The van der Waals surface area contributed by atoms with Crippen LogP contribution >= 0.6 is 23.2 Å². The van der Waals surface area contributed by atoms with Gasteiger partial charge in [-0.3, -0.25) is 0 Å². The average Bonchev–Trinajstić information content (AvgIpc) is 2.67. The van der Waals surface area contributed by atoms with Gasteiger partial charge in [-0.1, -0.05) is 38.8 Å². The summed E-state index contributed by atoms with van der Waals surface area (Å²) >= 11 is 11.8. The molecule has 0 heterocycles. The molecule has 0 saturated carbocycles. The van der Waals surface area contributed by atoms with Crippen molar-refractivity contribution in [1.29, 1.82) is 0 Å². The normalized spacial score (nSPS) is 11.3. The zero-order chi connectivity index (χ0) is 19.0. The quantitative estimate of drug-likeness (QED) is 0.241. The third-order valence-corrected chi connectivity index (χ3v) is 5.19. The summed E-state index contributed by atoms with van der Waals surface area (Å²) in [4.78, 5) is 4.91. The molecule has 0 amide bonds. The lowest BCUT2D eigenvalue weighted by atomic mass is 10.1. The summed E-state index contributed by atoms with van der Waals surface area (Å²) in [5.41, 5.74) is 2.65. The monoisotopic (exact) mass is 400 g/mol. The highest BCUT2D eigenvalue weighted by Crippen LogP contribution is 2.17. The van der Waals surface area contributed by atoms with E-state index in [-0.39, 0.29) is 0 Å². The van der Waals surface area contributed by atoms with Gasteiger partial charge >= 0.3 is 0 Å². The average molecular weight is 401 g/mol. The second-order valence-electron chi connectivity index (χ2n) is 7.04. The van der Waals surface area contributed by atoms with Crippen molar-refractivity contribution in [3.05, 3.63) is 29.8 Å². The maximum atomic E-state index is 5.90. The molecule has 0 aliphatic carbocycles. The summed E-state index contributed by atoms with van der Waals surface area (Å²) in [6.07, 6.45) is 8.96. The maximum absolute atomic E-state index is 5.90. The van der Waals surface area contributed by atoms with Gasteiger partial charge in [0.25, 0.3) is 0 Å². The van der Waals surface area contributed by atoms with Crippen molar-refractivity contribution in [2.24, 2.45) is 0 Å². The molecule has 150 valence electrons. The molecule has 0 atom stereocenters. The molecule has 1 aromatic rings. The van der Waals surface area contributed by atoms with Crippen LogP contribution in [-0.4, -0.2) is 49.4 Å². The summed E-state index contributed by atoms with van der Waals surface area (Å²) in [7, 11) is 0. The largest absolute Gasteiger partial charge is 0.369 e. The summed E-state index contributed by atoms with van der Waals surface area (Å²) in [6.45, 7) is 10.0. The Bertz CT molecular complexity index is 422. The van der Waals surface area contributed by atoms with Gasteiger partial charge in [0.05, 0.1) is 0 Å². The van der Waals surface area contributed by atoms with Crippen LogP contribution in [0.4, 0.5) is 5.69 Å². The number of nitrogens with zero attached hydrogens (tertiary/aromatic N) is 2. The number of rotatable bonds is 16. The number of aryl methyl sites for hydroxylation is 1. The molecule has 1 aromatic carbocycles. The van der Waals surface area contributed by atoms with Gasteiger partial charge in [-0.15, -0.1) is 23.2 Å². The van der Waals surface area contributed by atoms with E-state index in [0.717, 1.165) is 13.1 Å². The van der Waals surface area contributed by atoms with Crippen LogP contribution in [0.2, 0.25) is 0 Å².